The second-order valence-electron chi connectivity index (χ2n) is 8.36. The van der Waals surface area contributed by atoms with E-state index in [9.17, 15) is 18.4 Å². The summed E-state index contributed by atoms with van der Waals surface area (Å²) in [5.74, 6) is -2.44. The highest BCUT2D eigenvalue weighted by molar-refractivity contribution is 5.84. The summed E-state index contributed by atoms with van der Waals surface area (Å²) < 4.78 is 35.9. The first-order valence-corrected chi connectivity index (χ1v) is 10.4. The maximum absolute atomic E-state index is 14.9. The molecule has 0 saturated carbocycles. The van der Waals surface area contributed by atoms with Crippen molar-refractivity contribution in [2.75, 3.05) is 31.6 Å². The lowest BCUT2D eigenvalue weighted by Crippen LogP contribution is -2.48. The van der Waals surface area contributed by atoms with Crippen LogP contribution in [0.25, 0.3) is 0 Å². The van der Waals surface area contributed by atoms with E-state index in [2.05, 4.69) is 12.2 Å². The van der Waals surface area contributed by atoms with Crippen LogP contribution in [0.4, 0.5) is 14.5 Å². The van der Waals surface area contributed by atoms with Crippen molar-refractivity contribution in [1.82, 2.24) is 5.32 Å². The molecule has 1 amide bonds. The first-order chi connectivity index (χ1) is 13.9. The van der Waals surface area contributed by atoms with Gasteiger partial charge in [-0.15, -0.1) is 0 Å². The number of piperidine rings is 1. The van der Waals surface area contributed by atoms with Gasteiger partial charge in [-0.05, 0) is 50.2 Å². The molecule has 160 valence electrons. The summed E-state index contributed by atoms with van der Waals surface area (Å²) in [6.07, 6.45) is 4.64. The van der Waals surface area contributed by atoms with Crippen LogP contribution in [0.5, 0.6) is 0 Å². The van der Waals surface area contributed by atoms with Gasteiger partial charge in [-0.1, -0.05) is 6.92 Å². The van der Waals surface area contributed by atoms with Gasteiger partial charge in [0.25, 0.3) is 0 Å². The molecule has 5 nitrogen and oxygen atoms in total. The van der Waals surface area contributed by atoms with Gasteiger partial charge in [0.1, 0.15) is 17.9 Å². The maximum Gasteiger partial charge on any atom is 0.227 e. The van der Waals surface area contributed by atoms with Gasteiger partial charge in [0.15, 0.2) is 0 Å². The van der Waals surface area contributed by atoms with Crippen LogP contribution in [0.2, 0.25) is 0 Å². The molecule has 0 radical (unpaired) electrons. The third-order valence-electron chi connectivity index (χ3n) is 6.35. The predicted octanol–water partition coefficient (Wildman–Crippen LogP) is 3.56. The van der Waals surface area contributed by atoms with Gasteiger partial charge in [0.2, 0.25) is 5.91 Å². The van der Waals surface area contributed by atoms with Crippen LogP contribution in [0.3, 0.4) is 0 Å². The van der Waals surface area contributed by atoms with E-state index in [1.807, 2.05) is 4.90 Å². The summed E-state index contributed by atoms with van der Waals surface area (Å²) in [5, 5.41) is 2.43. The topological polar surface area (TPSA) is 58.6 Å². The SMILES string of the molecule is CNC(=O)C(CCC=O)c1c(F)cc(N2CCC3(CCC(C)CO3)CC2)cc1F. The number of anilines is 1. The van der Waals surface area contributed by atoms with Gasteiger partial charge in [0, 0.05) is 44.4 Å². The summed E-state index contributed by atoms with van der Waals surface area (Å²) >= 11 is 0. The number of hydrogen-bond donors (Lipinski definition) is 1. The summed E-state index contributed by atoms with van der Waals surface area (Å²) in [5.41, 5.74) is 0.112. The number of rotatable bonds is 6. The highest BCUT2D eigenvalue weighted by atomic mass is 19.1. The molecule has 1 aromatic carbocycles. The molecule has 0 aromatic heterocycles. The average molecular weight is 408 g/mol. The minimum absolute atomic E-state index is 0.0611. The van der Waals surface area contributed by atoms with Crippen molar-refractivity contribution in [2.24, 2.45) is 5.92 Å². The molecule has 2 saturated heterocycles. The lowest BCUT2D eigenvalue weighted by Gasteiger charge is -2.46. The quantitative estimate of drug-likeness (QED) is 0.732. The third-order valence-corrected chi connectivity index (χ3v) is 6.35. The number of ether oxygens (including phenoxy) is 1. The molecular weight excluding hydrogens is 378 g/mol. The van der Waals surface area contributed by atoms with Crippen LogP contribution >= 0.6 is 0 Å². The zero-order valence-electron chi connectivity index (χ0n) is 17.2. The van der Waals surface area contributed by atoms with E-state index in [0.29, 0.717) is 31.0 Å². The molecule has 2 aliphatic heterocycles. The van der Waals surface area contributed by atoms with Crippen molar-refractivity contribution in [3.63, 3.8) is 0 Å². The Morgan fingerprint density at radius 1 is 1.31 bits per heavy atom. The fraction of sp³-hybridized carbons (Fsp3) is 0.636. The molecule has 1 N–H and O–H groups in total. The maximum atomic E-state index is 14.9. The Bertz CT molecular complexity index is 715. The second-order valence-corrected chi connectivity index (χ2v) is 8.36. The normalized spacial score (nSPS) is 22.3. The van der Waals surface area contributed by atoms with E-state index in [4.69, 9.17) is 4.74 Å². The summed E-state index contributed by atoms with van der Waals surface area (Å²) in [4.78, 5) is 24.8. The van der Waals surface area contributed by atoms with Crippen LogP contribution in [0.1, 0.15) is 56.9 Å². The molecule has 2 atom stereocenters. The lowest BCUT2D eigenvalue weighted by molar-refractivity contribution is -0.122. The molecule has 1 aromatic rings. The number of halogens is 2. The highest BCUT2D eigenvalue weighted by Crippen LogP contribution is 2.38. The molecule has 2 fully saturated rings. The van der Waals surface area contributed by atoms with Gasteiger partial charge in [-0.25, -0.2) is 8.78 Å². The molecule has 3 rings (SSSR count). The molecule has 0 bridgehead atoms. The molecule has 2 heterocycles. The lowest BCUT2D eigenvalue weighted by atomic mass is 9.82. The van der Waals surface area contributed by atoms with Crippen LogP contribution in [0, 0.1) is 17.6 Å². The Kier molecular flexibility index (Phi) is 6.88. The monoisotopic (exact) mass is 408 g/mol. The highest BCUT2D eigenvalue weighted by Gasteiger charge is 2.38. The first kappa shape index (κ1) is 21.7. The van der Waals surface area contributed by atoms with Crippen molar-refractivity contribution in [3.05, 3.63) is 29.3 Å². The number of amides is 1. The van der Waals surface area contributed by atoms with Gasteiger partial charge in [-0.2, -0.15) is 0 Å². The molecule has 0 aliphatic carbocycles. The van der Waals surface area contributed by atoms with Gasteiger partial charge >= 0.3 is 0 Å². The van der Waals surface area contributed by atoms with E-state index >= 15 is 0 Å². The van der Waals surface area contributed by atoms with Crippen molar-refractivity contribution in [3.8, 4) is 0 Å². The van der Waals surface area contributed by atoms with E-state index in [1.54, 1.807) is 0 Å². The summed E-state index contributed by atoms with van der Waals surface area (Å²) in [6.45, 7) is 4.32. The Labute approximate surface area is 170 Å². The predicted molar refractivity (Wildman–Crippen MR) is 107 cm³/mol. The van der Waals surface area contributed by atoms with Crippen LogP contribution in [-0.4, -0.2) is 44.5 Å². The number of carbonyl (C=O) groups is 2. The first-order valence-electron chi connectivity index (χ1n) is 10.4. The van der Waals surface area contributed by atoms with Crippen LogP contribution in [-0.2, 0) is 14.3 Å². The number of likely N-dealkylation sites (N-methyl/N-ethyl adjacent to an activating group) is 1. The standard InChI is InChI=1S/C22H30F2N2O3/c1-15-5-6-22(29-14-15)7-9-26(10-8-22)16-12-18(23)20(19(24)13-16)17(4-3-11-27)21(28)25-2/h11-13,15,17H,3-10,14H2,1-2H3,(H,25,28). The molecule has 2 aliphatic rings. The number of hydrogen-bond acceptors (Lipinski definition) is 4. The van der Waals surface area contributed by atoms with Crippen molar-refractivity contribution in [1.29, 1.82) is 0 Å². The fourth-order valence-electron chi connectivity index (χ4n) is 4.45. The molecule has 7 heteroatoms. The average Bonchev–Trinajstić information content (AvgIpc) is 2.72. The number of aldehydes is 1. The minimum Gasteiger partial charge on any atom is -0.375 e. The third kappa shape index (κ3) is 4.77. The second kappa shape index (κ2) is 9.20. The molecule has 2 unspecified atom stereocenters. The van der Waals surface area contributed by atoms with Gasteiger partial charge < -0.3 is 19.7 Å². The molecule has 1 spiro atoms. The molecule has 29 heavy (non-hydrogen) atoms. The minimum atomic E-state index is -1.03. The zero-order valence-corrected chi connectivity index (χ0v) is 17.2. The smallest absolute Gasteiger partial charge is 0.227 e. The van der Waals surface area contributed by atoms with Gasteiger partial charge in [0.05, 0.1) is 11.5 Å². The number of nitrogens with zero attached hydrogens (tertiary/aromatic N) is 1. The largest absolute Gasteiger partial charge is 0.375 e. The number of nitrogens with one attached hydrogen (secondary N) is 1. The Morgan fingerprint density at radius 2 is 1.97 bits per heavy atom. The van der Waals surface area contributed by atoms with Crippen molar-refractivity contribution < 1.29 is 23.1 Å². The molecular formula is C22H30F2N2O3. The van der Waals surface area contributed by atoms with Crippen molar-refractivity contribution >= 4 is 17.9 Å². The van der Waals surface area contributed by atoms with Gasteiger partial charge in [-0.3, -0.25) is 4.79 Å². The van der Waals surface area contributed by atoms with E-state index < -0.39 is 23.5 Å². The Hall–Kier alpha value is -2.02. The van der Waals surface area contributed by atoms with E-state index in [0.717, 1.165) is 32.3 Å². The fourth-order valence-corrected chi connectivity index (χ4v) is 4.45. The van der Waals surface area contributed by atoms with Crippen LogP contribution < -0.4 is 10.2 Å². The van der Waals surface area contributed by atoms with E-state index in [-0.39, 0.29) is 24.0 Å². The summed E-state index contributed by atoms with van der Waals surface area (Å²) in [6, 6.07) is 2.61. The Morgan fingerprint density at radius 3 is 2.48 bits per heavy atom. The Balaban J connectivity index is 1.75. The summed E-state index contributed by atoms with van der Waals surface area (Å²) in [7, 11) is 1.41. The number of carbonyl (C=O) groups excluding carboxylic acids is 2. The van der Waals surface area contributed by atoms with E-state index in [1.165, 1.54) is 19.2 Å². The van der Waals surface area contributed by atoms with Crippen LogP contribution in [0.15, 0.2) is 12.1 Å². The zero-order chi connectivity index (χ0) is 21.0. The number of benzene rings is 1. The van der Waals surface area contributed by atoms with Crippen molar-refractivity contribution in [2.45, 2.75) is 57.0 Å².